The number of nitrogens with zero attached hydrogens (tertiary/aromatic N) is 2. The van der Waals surface area contributed by atoms with Crippen LogP contribution in [-0.2, 0) is 0 Å². The second kappa shape index (κ2) is 7.44. The molecule has 6 nitrogen and oxygen atoms in total. The molecule has 0 fully saturated rings. The van der Waals surface area contributed by atoms with Crippen LogP contribution in [0.2, 0.25) is 0 Å². The van der Waals surface area contributed by atoms with Crippen LogP contribution in [-0.4, -0.2) is 28.2 Å². The Hall–Kier alpha value is -2.34. The highest BCUT2D eigenvalue weighted by Gasteiger charge is 2.11. The maximum absolute atomic E-state index is 9.57. The van der Waals surface area contributed by atoms with Gasteiger partial charge in [0.2, 0.25) is 5.95 Å². The summed E-state index contributed by atoms with van der Waals surface area (Å²) in [5.74, 6) is 1.46. The summed E-state index contributed by atoms with van der Waals surface area (Å²) in [6.45, 7) is 2.86. The lowest BCUT2D eigenvalue weighted by molar-refractivity contribution is 0.276. The quantitative estimate of drug-likeness (QED) is 0.622. The van der Waals surface area contributed by atoms with Crippen molar-refractivity contribution in [1.29, 1.82) is 0 Å². The van der Waals surface area contributed by atoms with Gasteiger partial charge < -0.3 is 21.5 Å². The van der Waals surface area contributed by atoms with Crippen LogP contribution in [0.25, 0.3) is 0 Å². The maximum atomic E-state index is 9.57. The second-order valence-electron chi connectivity index (χ2n) is 4.71. The Morgan fingerprint density at radius 1 is 1.19 bits per heavy atom. The fourth-order valence-corrected chi connectivity index (χ4v) is 1.98. The van der Waals surface area contributed by atoms with E-state index in [1.54, 1.807) is 6.07 Å². The third-order valence-electron chi connectivity index (χ3n) is 3.01. The van der Waals surface area contributed by atoms with E-state index in [2.05, 4.69) is 27.5 Å². The largest absolute Gasteiger partial charge is 0.394 e. The van der Waals surface area contributed by atoms with Crippen molar-refractivity contribution in [2.24, 2.45) is 0 Å². The van der Waals surface area contributed by atoms with Crippen molar-refractivity contribution in [2.45, 2.75) is 19.4 Å². The van der Waals surface area contributed by atoms with E-state index in [-0.39, 0.29) is 18.6 Å². The molecule has 0 spiro atoms. The molecule has 112 valence electrons. The third-order valence-corrected chi connectivity index (χ3v) is 3.01. The first-order valence-corrected chi connectivity index (χ1v) is 7.03. The third kappa shape index (κ3) is 4.32. The molecule has 21 heavy (non-hydrogen) atoms. The van der Waals surface area contributed by atoms with Gasteiger partial charge in [0, 0.05) is 12.6 Å². The van der Waals surface area contributed by atoms with Gasteiger partial charge in [0.25, 0.3) is 0 Å². The van der Waals surface area contributed by atoms with Crippen molar-refractivity contribution < 1.29 is 5.11 Å². The number of nitrogen functional groups attached to an aromatic ring is 1. The number of benzene rings is 1. The lowest BCUT2D eigenvalue weighted by atomic mass is 10.1. The number of hydrogen-bond acceptors (Lipinski definition) is 6. The Morgan fingerprint density at radius 3 is 2.57 bits per heavy atom. The molecule has 0 saturated heterocycles. The number of anilines is 3. The van der Waals surface area contributed by atoms with Gasteiger partial charge in [0.05, 0.1) is 12.6 Å². The average Bonchev–Trinajstić information content (AvgIpc) is 2.51. The van der Waals surface area contributed by atoms with Crippen LogP contribution >= 0.6 is 0 Å². The number of nitrogens with two attached hydrogens (primary N) is 1. The smallest absolute Gasteiger partial charge is 0.223 e. The molecule has 0 amide bonds. The summed E-state index contributed by atoms with van der Waals surface area (Å²) < 4.78 is 0. The molecule has 0 aliphatic heterocycles. The van der Waals surface area contributed by atoms with E-state index in [4.69, 9.17) is 5.73 Å². The molecule has 0 aliphatic carbocycles. The van der Waals surface area contributed by atoms with Crippen molar-refractivity contribution in [1.82, 2.24) is 9.97 Å². The van der Waals surface area contributed by atoms with Crippen molar-refractivity contribution >= 4 is 17.6 Å². The summed E-state index contributed by atoms with van der Waals surface area (Å²) in [6, 6.07) is 11.3. The fraction of sp³-hybridized carbons (Fsp3) is 0.333. The predicted octanol–water partition coefficient (Wildman–Crippen LogP) is 2.03. The second-order valence-corrected chi connectivity index (χ2v) is 4.71. The zero-order chi connectivity index (χ0) is 15.1. The van der Waals surface area contributed by atoms with Crippen LogP contribution in [0.4, 0.5) is 17.6 Å². The minimum absolute atomic E-state index is 0.0361. The lowest BCUT2D eigenvalue weighted by Crippen LogP contribution is -2.16. The molecule has 1 unspecified atom stereocenters. The van der Waals surface area contributed by atoms with E-state index in [1.165, 1.54) is 0 Å². The molecule has 0 aliphatic rings. The first-order chi connectivity index (χ1) is 10.2. The molecule has 0 saturated carbocycles. The van der Waals surface area contributed by atoms with Crippen molar-refractivity contribution in [2.75, 3.05) is 29.5 Å². The van der Waals surface area contributed by atoms with E-state index in [9.17, 15) is 5.11 Å². The molecule has 1 aromatic carbocycles. The number of aliphatic hydroxyl groups excluding tert-OH is 1. The van der Waals surface area contributed by atoms with Crippen LogP contribution in [0.15, 0.2) is 36.4 Å². The lowest BCUT2D eigenvalue weighted by Gasteiger charge is -2.18. The van der Waals surface area contributed by atoms with Gasteiger partial charge in [-0.15, -0.1) is 0 Å². The summed E-state index contributed by atoms with van der Waals surface area (Å²) in [4.78, 5) is 8.29. The van der Waals surface area contributed by atoms with Crippen LogP contribution in [0.5, 0.6) is 0 Å². The van der Waals surface area contributed by atoms with Crippen molar-refractivity contribution in [3.05, 3.63) is 42.0 Å². The number of nitrogens with one attached hydrogen (secondary N) is 2. The topological polar surface area (TPSA) is 96.1 Å². The molecule has 1 aromatic heterocycles. The van der Waals surface area contributed by atoms with E-state index in [0.29, 0.717) is 11.6 Å². The van der Waals surface area contributed by atoms with Crippen molar-refractivity contribution in [3.8, 4) is 0 Å². The first kappa shape index (κ1) is 15.1. The van der Waals surface area contributed by atoms with E-state index < -0.39 is 0 Å². The van der Waals surface area contributed by atoms with Gasteiger partial charge in [0.1, 0.15) is 11.6 Å². The minimum Gasteiger partial charge on any atom is -0.394 e. The van der Waals surface area contributed by atoms with Gasteiger partial charge in [-0.2, -0.15) is 9.97 Å². The average molecular weight is 287 g/mol. The standard InChI is InChI=1S/C15H21N5O/c1-2-8-17-13-9-14(20-15(16)19-13)18-12(10-21)11-6-4-3-5-7-11/h3-7,9,12,21H,2,8,10H2,1H3,(H4,16,17,18,19,20). The van der Waals surface area contributed by atoms with E-state index >= 15 is 0 Å². The van der Waals surface area contributed by atoms with E-state index in [0.717, 1.165) is 18.5 Å². The zero-order valence-corrected chi connectivity index (χ0v) is 12.1. The Kier molecular flexibility index (Phi) is 5.34. The van der Waals surface area contributed by atoms with E-state index in [1.807, 2.05) is 30.3 Å². The molecular formula is C15H21N5O. The Balaban J connectivity index is 2.15. The van der Waals surface area contributed by atoms with Crippen LogP contribution in [0.1, 0.15) is 24.9 Å². The molecule has 0 bridgehead atoms. The van der Waals surface area contributed by atoms with Gasteiger partial charge in [-0.1, -0.05) is 37.3 Å². The highest BCUT2D eigenvalue weighted by molar-refractivity contribution is 5.52. The van der Waals surface area contributed by atoms with Gasteiger partial charge in [-0.25, -0.2) is 0 Å². The van der Waals surface area contributed by atoms with Crippen LogP contribution < -0.4 is 16.4 Å². The summed E-state index contributed by atoms with van der Waals surface area (Å²) in [6.07, 6.45) is 0.996. The molecule has 1 heterocycles. The Bertz CT molecular complexity index is 561. The molecule has 5 N–H and O–H groups in total. The molecule has 1 atom stereocenters. The highest BCUT2D eigenvalue weighted by Crippen LogP contribution is 2.20. The van der Waals surface area contributed by atoms with Crippen LogP contribution in [0.3, 0.4) is 0 Å². The highest BCUT2D eigenvalue weighted by atomic mass is 16.3. The number of aromatic nitrogens is 2. The molecular weight excluding hydrogens is 266 g/mol. The SMILES string of the molecule is CCCNc1cc(NC(CO)c2ccccc2)nc(N)n1. The predicted molar refractivity (Wildman–Crippen MR) is 85.1 cm³/mol. The summed E-state index contributed by atoms with van der Waals surface area (Å²) in [5, 5.41) is 15.9. The number of rotatable bonds is 7. The minimum atomic E-state index is -0.237. The summed E-state index contributed by atoms with van der Waals surface area (Å²) in [7, 11) is 0. The summed E-state index contributed by atoms with van der Waals surface area (Å²) >= 11 is 0. The molecule has 6 heteroatoms. The number of hydrogen-bond donors (Lipinski definition) is 4. The zero-order valence-electron chi connectivity index (χ0n) is 12.1. The normalized spacial score (nSPS) is 11.9. The van der Waals surface area contributed by atoms with Crippen molar-refractivity contribution in [3.63, 3.8) is 0 Å². The Morgan fingerprint density at radius 2 is 1.90 bits per heavy atom. The monoisotopic (exact) mass is 287 g/mol. The van der Waals surface area contributed by atoms with Gasteiger partial charge in [0.15, 0.2) is 0 Å². The van der Waals surface area contributed by atoms with Gasteiger partial charge in [-0.3, -0.25) is 0 Å². The molecule has 0 radical (unpaired) electrons. The molecule has 2 rings (SSSR count). The van der Waals surface area contributed by atoms with Gasteiger partial charge >= 0.3 is 0 Å². The fourth-order valence-electron chi connectivity index (χ4n) is 1.98. The summed E-state index contributed by atoms with van der Waals surface area (Å²) in [5.41, 5.74) is 6.71. The first-order valence-electron chi connectivity index (χ1n) is 7.03. The Labute approximate surface area is 124 Å². The van der Waals surface area contributed by atoms with Gasteiger partial charge in [-0.05, 0) is 12.0 Å². The number of aliphatic hydroxyl groups is 1. The molecule has 2 aromatic rings. The maximum Gasteiger partial charge on any atom is 0.223 e. The van der Waals surface area contributed by atoms with Crippen LogP contribution in [0, 0.1) is 0 Å².